The summed E-state index contributed by atoms with van der Waals surface area (Å²) in [4.78, 5) is 14.8. The minimum absolute atomic E-state index is 0.0943. The fourth-order valence-corrected chi connectivity index (χ4v) is 3.87. The number of nitrogens with one attached hydrogen (secondary N) is 1. The number of urea groups is 1. The number of ether oxygens (including phenoxy) is 3. The summed E-state index contributed by atoms with van der Waals surface area (Å²) in [5.74, 6) is 1.89. The lowest BCUT2D eigenvalue weighted by atomic mass is 9.96. The number of benzene rings is 1. The highest BCUT2D eigenvalue weighted by atomic mass is 16.5. The zero-order valence-corrected chi connectivity index (χ0v) is 16.8. The monoisotopic (exact) mass is 376 g/mol. The first-order chi connectivity index (χ1) is 13.2. The van der Waals surface area contributed by atoms with Crippen molar-refractivity contribution >= 4 is 6.03 Å². The summed E-state index contributed by atoms with van der Waals surface area (Å²) < 4.78 is 16.3. The van der Waals surface area contributed by atoms with Crippen LogP contribution in [0.1, 0.15) is 50.5 Å². The summed E-state index contributed by atoms with van der Waals surface area (Å²) in [5.41, 5.74) is 1.07. The first-order valence-corrected chi connectivity index (χ1v) is 10.0. The molecule has 0 unspecified atom stereocenters. The van der Waals surface area contributed by atoms with Gasteiger partial charge in [0.05, 0.1) is 21.3 Å². The van der Waals surface area contributed by atoms with Gasteiger partial charge in [-0.15, -0.1) is 0 Å². The Bertz CT molecular complexity index is 614. The third-order valence-corrected chi connectivity index (χ3v) is 5.55. The highest BCUT2D eigenvalue weighted by molar-refractivity contribution is 5.75. The van der Waals surface area contributed by atoms with Gasteiger partial charge >= 0.3 is 6.03 Å². The van der Waals surface area contributed by atoms with Crippen molar-refractivity contribution in [3.05, 3.63) is 17.7 Å². The van der Waals surface area contributed by atoms with Gasteiger partial charge in [0, 0.05) is 18.6 Å². The standard InChI is InChI=1S/C21H32N2O4/c1-25-18-13-15(14-19(26-2)20(18)27-3)11-12-23(17-9-10-17)21(24)22-16-7-5-4-6-8-16/h13-14,16-17H,4-12H2,1-3H3,(H,22,24). The van der Waals surface area contributed by atoms with Crippen molar-refractivity contribution in [1.82, 2.24) is 10.2 Å². The van der Waals surface area contributed by atoms with Crippen molar-refractivity contribution in [3.8, 4) is 17.2 Å². The molecule has 2 aliphatic carbocycles. The fraction of sp³-hybridized carbons (Fsp3) is 0.667. The summed E-state index contributed by atoms with van der Waals surface area (Å²) >= 11 is 0. The second-order valence-corrected chi connectivity index (χ2v) is 7.49. The molecule has 6 heteroatoms. The van der Waals surface area contributed by atoms with E-state index < -0.39 is 0 Å². The molecule has 0 heterocycles. The summed E-state index contributed by atoms with van der Waals surface area (Å²) in [7, 11) is 4.84. The van der Waals surface area contributed by atoms with Crippen LogP contribution in [0.2, 0.25) is 0 Å². The number of carbonyl (C=O) groups excluding carboxylic acids is 1. The van der Waals surface area contributed by atoms with Crippen LogP contribution in [0.25, 0.3) is 0 Å². The average Bonchev–Trinajstić information content (AvgIpc) is 3.53. The van der Waals surface area contributed by atoms with E-state index in [1.807, 2.05) is 17.0 Å². The highest BCUT2D eigenvalue weighted by Crippen LogP contribution is 2.38. The van der Waals surface area contributed by atoms with Crippen LogP contribution in [-0.4, -0.2) is 50.9 Å². The molecular formula is C21H32N2O4. The van der Waals surface area contributed by atoms with Crippen molar-refractivity contribution in [2.45, 2.75) is 63.5 Å². The second kappa shape index (κ2) is 9.20. The van der Waals surface area contributed by atoms with E-state index >= 15 is 0 Å². The molecule has 2 amide bonds. The van der Waals surface area contributed by atoms with Crippen LogP contribution < -0.4 is 19.5 Å². The van der Waals surface area contributed by atoms with Crippen LogP contribution >= 0.6 is 0 Å². The van der Waals surface area contributed by atoms with E-state index in [0.717, 1.165) is 37.7 Å². The van der Waals surface area contributed by atoms with Crippen molar-refractivity contribution in [2.24, 2.45) is 0 Å². The van der Waals surface area contributed by atoms with Crippen molar-refractivity contribution in [1.29, 1.82) is 0 Å². The van der Waals surface area contributed by atoms with Crippen LogP contribution in [0.5, 0.6) is 17.2 Å². The molecule has 150 valence electrons. The number of amides is 2. The zero-order valence-electron chi connectivity index (χ0n) is 16.8. The maximum absolute atomic E-state index is 12.8. The van der Waals surface area contributed by atoms with E-state index in [0.29, 0.717) is 35.9 Å². The van der Waals surface area contributed by atoms with Gasteiger partial charge in [0.1, 0.15) is 0 Å². The summed E-state index contributed by atoms with van der Waals surface area (Å²) in [6.07, 6.45) is 8.92. The Morgan fingerprint density at radius 2 is 1.63 bits per heavy atom. The van der Waals surface area contributed by atoms with Crippen molar-refractivity contribution in [3.63, 3.8) is 0 Å². The molecule has 1 N–H and O–H groups in total. The molecule has 0 atom stereocenters. The number of hydrogen-bond acceptors (Lipinski definition) is 4. The van der Waals surface area contributed by atoms with Crippen LogP contribution in [0.3, 0.4) is 0 Å². The van der Waals surface area contributed by atoms with Crippen molar-refractivity contribution < 1.29 is 19.0 Å². The lowest BCUT2D eigenvalue weighted by molar-refractivity contribution is 0.187. The maximum Gasteiger partial charge on any atom is 0.317 e. The van der Waals surface area contributed by atoms with Crippen LogP contribution in [-0.2, 0) is 6.42 Å². The Labute approximate surface area is 162 Å². The van der Waals surface area contributed by atoms with Gasteiger partial charge in [0.25, 0.3) is 0 Å². The van der Waals surface area contributed by atoms with Gasteiger partial charge in [-0.3, -0.25) is 0 Å². The van der Waals surface area contributed by atoms with E-state index in [1.165, 1.54) is 19.3 Å². The normalized spacial score (nSPS) is 17.3. The van der Waals surface area contributed by atoms with E-state index in [-0.39, 0.29) is 6.03 Å². The molecule has 0 aliphatic heterocycles. The van der Waals surface area contributed by atoms with Gasteiger partial charge in [-0.25, -0.2) is 4.79 Å². The highest BCUT2D eigenvalue weighted by Gasteiger charge is 2.33. The van der Waals surface area contributed by atoms with Crippen molar-refractivity contribution in [2.75, 3.05) is 27.9 Å². The zero-order chi connectivity index (χ0) is 19.2. The predicted octanol–water partition coefficient (Wildman–Crippen LogP) is 3.76. The molecule has 1 aromatic rings. The Kier molecular flexibility index (Phi) is 6.69. The Morgan fingerprint density at radius 1 is 1.00 bits per heavy atom. The van der Waals surface area contributed by atoms with E-state index in [9.17, 15) is 4.79 Å². The molecule has 2 saturated carbocycles. The van der Waals surface area contributed by atoms with Gasteiger partial charge in [-0.1, -0.05) is 19.3 Å². The third kappa shape index (κ3) is 4.99. The van der Waals surface area contributed by atoms with Crippen LogP contribution in [0, 0.1) is 0 Å². The quantitative estimate of drug-likeness (QED) is 0.750. The molecule has 6 nitrogen and oxygen atoms in total. The number of nitrogens with zero attached hydrogens (tertiary/aromatic N) is 1. The fourth-order valence-electron chi connectivity index (χ4n) is 3.87. The lowest BCUT2D eigenvalue weighted by Crippen LogP contribution is -2.47. The van der Waals surface area contributed by atoms with E-state index in [2.05, 4.69) is 5.32 Å². The minimum atomic E-state index is 0.0943. The number of carbonyl (C=O) groups is 1. The maximum atomic E-state index is 12.8. The molecular weight excluding hydrogens is 344 g/mol. The minimum Gasteiger partial charge on any atom is -0.493 e. The molecule has 2 aliphatic rings. The summed E-state index contributed by atoms with van der Waals surface area (Å²) in [6.45, 7) is 0.696. The molecule has 3 rings (SSSR count). The Hall–Kier alpha value is -2.11. The van der Waals surface area contributed by atoms with Gasteiger partial charge in [0.2, 0.25) is 5.75 Å². The summed E-state index contributed by atoms with van der Waals surface area (Å²) in [5, 5.41) is 3.26. The number of hydrogen-bond donors (Lipinski definition) is 1. The van der Waals surface area contributed by atoms with Gasteiger partial charge in [-0.2, -0.15) is 0 Å². The summed E-state index contributed by atoms with van der Waals surface area (Å²) in [6, 6.07) is 4.75. The molecule has 0 bridgehead atoms. The first kappa shape index (κ1) is 19.6. The topological polar surface area (TPSA) is 60.0 Å². The molecule has 0 spiro atoms. The number of methoxy groups -OCH3 is 3. The SMILES string of the molecule is COc1cc(CCN(C(=O)NC2CCCCC2)C2CC2)cc(OC)c1OC. The molecule has 0 radical (unpaired) electrons. The molecule has 27 heavy (non-hydrogen) atoms. The molecule has 0 aromatic heterocycles. The third-order valence-electron chi connectivity index (χ3n) is 5.55. The smallest absolute Gasteiger partial charge is 0.317 e. The lowest BCUT2D eigenvalue weighted by Gasteiger charge is -2.28. The molecule has 0 saturated heterocycles. The predicted molar refractivity (Wildman–Crippen MR) is 105 cm³/mol. The molecule has 2 fully saturated rings. The second-order valence-electron chi connectivity index (χ2n) is 7.49. The van der Waals surface area contributed by atoms with E-state index in [1.54, 1.807) is 21.3 Å². The van der Waals surface area contributed by atoms with Gasteiger partial charge in [-0.05, 0) is 49.8 Å². The largest absolute Gasteiger partial charge is 0.493 e. The Morgan fingerprint density at radius 3 is 2.15 bits per heavy atom. The van der Waals surface area contributed by atoms with E-state index in [4.69, 9.17) is 14.2 Å². The number of rotatable bonds is 8. The Balaban J connectivity index is 1.64. The van der Waals surface area contributed by atoms with Crippen LogP contribution in [0.15, 0.2) is 12.1 Å². The molecule has 1 aromatic carbocycles. The van der Waals surface area contributed by atoms with Gasteiger partial charge in [0.15, 0.2) is 11.5 Å². The first-order valence-electron chi connectivity index (χ1n) is 10.0. The van der Waals surface area contributed by atoms with Gasteiger partial charge < -0.3 is 24.4 Å². The van der Waals surface area contributed by atoms with Crippen LogP contribution in [0.4, 0.5) is 4.79 Å². The average molecular weight is 376 g/mol.